The first kappa shape index (κ1) is 17.6. The summed E-state index contributed by atoms with van der Waals surface area (Å²) in [6, 6.07) is 18.9. The second kappa shape index (κ2) is 7.05. The van der Waals surface area contributed by atoms with Crippen molar-refractivity contribution < 1.29 is 9.72 Å². The summed E-state index contributed by atoms with van der Waals surface area (Å²) in [7, 11) is 0. The van der Waals surface area contributed by atoms with Gasteiger partial charge in [-0.25, -0.2) is 9.77 Å². The Kier molecular flexibility index (Phi) is 4.42. The lowest BCUT2D eigenvalue weighted by molar-refractivity contribution is -0.384. The Labute approximate surface area is 163 Å². The Morgan fingerprint density at radius 3 is 2.54 bits per heavy atom. The number of nitrogens with one attached hydrogen (secondary N) is 2. The second-order valence-corrected chi connectivity index (χ2v) is 6.35. The Morgan fingerprint density at radius 2 is 1.79 bits per heavy atom. The largest absolute Gasteiger partial charge is 0.270 e. The van der Waals surface area contributed by atoms with Crippen LogP contribution in [0.3, 0.4) is 0 Å². The number of aromatic amines is 1. The fraction of sp³-hybridized carbons (Fsp3) is 0. The third-order valence-corrected chi connectivity index (χ3v) is 4.53. The van der Waals surface area contributed by atoms with Crippen LogP contribution in [0.2, 0.25) is 0 Å². The Balaban J connectivity index is 1.72. The maximum absolute atomic E-state index is 12.6. The molecule has 9 heteroatoms. The van der Waals surface area contributed by atoms with Gasteiger partial charge in [0.25, 0.3) is 11.6 Å². The summed E-state index contributed by atoms with van der Waals surface area (Å²) in [5.74, 6) is -0.00838. The van der Waals surface area contributed by atoms with Gasteiger partial charge in [-0.05, 0) is 35.1 Å². The molecule has 2 N–H and O–H groups in total. The molecule has 0 spiro atoms. The van der Waals surface area contributed by atoms with Crippen LogP contribution in [0.4, 0.5) is 5.69 Å². The maximum Gasteiger partial charge on any atom is 0.270 e. The van der Waals surface area contributed by atoms with E-state index >= 15 is 0 Å². The quantitative estimate of drug-likeness (QED) is 0.310. The lowest BCUT2D eigenvalue weighted by Crippen LogP contribution is -2.23. The predicted molar refractivity (Wildman–Crippen MR) is 107 cm³/mol. The highest BCUT2D eigenvalue weighted by Crippen LogP contribution is 2.27. The number of carbonyl (C=O) groups is 1. The van der Waals surface area contributed by atoms with Crippen molar-refractivity contribution in [2.75, 3.05) is 5.43 Å². The molecule has 0 aliphatic carbocycles. The molecular weight excluding hydrogens is 378 g/mol. The van der Waals surface area contributed by atoms with Crippen LogP contribution >= 0.6 is 12.2 Å². The van der Waals surface area contributed by atoms with Crippen molar-refractivity contribution in [1.29, 1.82) is 0 Å². The molecule has 3 aromatic carbocycles. The number of nitro benzene ring substituents is 1. The minimum Gasteiger partial charge on any atom is -0.267 e. The molecule has 138 valence electrons. The maximum atomic E-state index is 12.6. The van der Waals surface area contributed by atoms with Crippen molar-refractivity contribution in [3.8, 4) is 11.4 Å². The lowest BCUT2D eigenvalue weighted by atomic mass is 10.0. The zero-order chi connectivity index (χ0) is 19.7. The number of rotatable bonds is 4. The molecule has 0 aliphatic heterocycles. The third-order valence-electron chi connectivity index (χ3n) is 4.26. The first-order valence-corrected chi connectivity index (χ1v) is 8.67. The number of carbonyl (C=O) groups excluding carboxylic acids is 1. The standard InChI is InChI=1S/C19H13N5O3S/c25-18(13-8-10-14(11-9-13)24(26)27)22-23-17(20-21-19(23)28)16-7-3-5-12-4-1-2-6-15(12)16/h1-11H,(H,21,28)(H,22,25). The zero-order valence-corrected chi connectivity index (χ0v) is 15.1. The van der Waals surface area contributed by atoms with Gasteiger partial charge in [-0.2, -0.15) is 5.10 Å². The molecule has 0 unspecified atom stereocenters. The first-order chi connectivity index (χ1) is 13.5. The highest BCUT2D eigenvalue weighted by Gasteiger charge is 2.15. The number of hydrogen-bond acceptors (Lipinski definition) is 5. The summed E-state index contributed by atoms with van der Waals surface area (Å²) in [6.45, 7) is 0. The van der Waals surface area contributed by atoms with Crippen LogP contribution in [0, 0.1) is 14.9 Å². The molecule has 1 amide bonds. The average Bonchev–Trinajstić information content (AvgIpc) is 3.07. The van der Waals surface area contributed by atoms with Gasteiger partial charge in [0.2, 0.25) is 4.77 Å². The van der Waals surface area contributed by atoms with Gasteiger partial charge in [0, 0.05) is 23.3 Å². The van der Waals surface area contributed by atoms with Crippen molar-refractivity contribution in [3.63, 3.8) is 0 Å². The van der Waals surface area contributed by atoms with E-state index in [0.29, 0.717) is 5.82 Å². The molecule has 0 saturated carbocycles. The van der Waals surface area contributed by atoms with Gasteiger partial charge in [-0.15, -0.1) is 0 Å². The zero-order valence-electron chi connectivity index (χ0n) is 14.3. The normalized spacial score (nSPS) is 10.7. The minimum absolute atomic E-state index is 0.0899. The summed E-state index contributed by atoms with van der Waals surface area (Å²) in [4.78, 5) is 22.8. The van der Waals surface area contributed by atoms with E-state index in [1.807, 2.05) is 42.5 Å². The number of nitrogens with zero attached hydrogens (tertiary/aromatic N) is 3. The lowest BCUT2D eigenvalue weighted by Gasteiger charge is -2.10. The third kappa shape index (κ3) is 3.14. The van der Waals surface area contributed by atoms with Crippen molar-refractivity contribution in [2.45, 2.75) is 0 Å². The average molecular weight is 391 g/mol. The second-order valence-electron chi connectivity index (χ2n) is 5.96. The van der Waals surface area contributed by atoms with Crippen LogP contribution in [0.5, 0.6) is 0 Å². The van der Waals surface area contributed by atoms with Gasteiger partial charge in [-0.3, -0.25) is 20.3 Å². The molecule has 1 aromatic heterocycles. The number of aromatic nitrogens is 3. The van der Waals surface area contributed by atoms with E-state index in [1.165, 1.54) is 28.9 Å². The summed E-state index contributed by atoms with van der Waals surface area (Å²) in [5.41, 5.74) is 3.67. The number of non-ortho nitro benzene ring substituents is 1. The Hall–Kier alpha value is -3.85. The molecule has 0 fully saturated rings. The highest BCUT2D eigenvalue weighted by molar-refractivity contribution is 7.71. The Bertz CT molecular complexity index is 1260. The van der Waals surface area contributed by atoms with E-state index in [4.69, 9.17) is 12.2 Å². The van der Waals surface area contributed by atoms with Gasteiger partial charge < -0.3 is 0 Å². The molecule has 4 aromatic rings. The Morgan fingerprint density at radius 1 is 1.07 bits per heavy atom. The molecule has 0 atom stereocenters. The van der Waals surface area contributed by atoms with Gasteiger partial charge in [0.1, 0.15) is 0 Å². The van der Waals surface area contributed by atoms with E-state index in [-0.39, 0.29) is 16.0 Å². The number of fused-ring (bicyclic) bond motifs is 1. The minimum atomic E-state index is -0.521. The van der Waals surface area contributed by atoms with Gasteiger partial charge in [0.15, 0.2) is 5.82 Å². The van der Waals surface area contributed by atoms with Crippen LogP contribution in [-0.4, -0.2) is 25.7 Å². The van der Waals surface area contributed by atoms with E-state index in [0.717, 1.165) is 16.3 Å². The highest BCUT2D eigenvalue weighted by atomic mass is 32.1. The number of hydrogen-bond donors (Lipinski definition) is 2. The van der Waals surface area contributed by atoms with Gasteiger partial charge >= 0.3 is 0 Å². The monoisotopic (exact) mass is 391 g/mol. The van der Waals surface area contributed by atoms with Gasteiger partial charge in [0.05, 0.1) is 4.92 Å². The smallest absolute Gasteiger partial charge is 0.267 e. The van der Waals surface area contributed by atoms with Crippen molar-refractivity contribution in [3.05, 3.63) is 87.2 Å². The summed E-state index contributed by atoms with van der Waals surface area (Å²) >= 11 is 5.26. The van der Waals surface area contributed by atoms with Crippen LogP contribution in [0.15, 0.2) is 66.7 Å². The van der Waals surface area contributed by atoms with Crippen LogP contribution < -0.4 is 5.43 Å². The summed E-state index contributed by atoms with van der Waals surface area (Å²) < 4.78 is 1.61. The molecule has 8 nitrogen and oxygen atoms in total. The van der Waals surface area contributed by atoms with Crippen LogP contribution in [0.25, 0.3) is 22.2 Å². The molecule has 1 heterocycles. The van der Waals surface area contributed by atoms with Crippen molar-refractivity contribution in [2.24, 2.45) is 0 Å². The number of amides is 1. The molecule has 0 bridgehead atoms. The van der Waals surface area contributed by atoms with Crippen molar-refractivity contribution >= 4 is 34.6 Å². The van der Waals surface area contributed by atoms with E-state index in [2.05, 4.69) is 15.6 Å². The molecule has 4 rings (SSSR count). The fourth-order valence-corrected chi connectivity index (χ4v) is 3.08. The SMILES string of the molecule is O=C(Nn1c(-c2cccc3ccccc23)n[nH]c1=S)c1ccc([N+](=O)[O-])cc1. The predicted octanol–water partition coefficient (Wildman–Crippen LogP) is 4.05. The first-order valence-electron chi connectivity index (χ1n) is 8.26. The van der Waals surface area contributed by atoms with E-state index < -0.39 is 10.8 Å². The topological polar surface area (TPSA) is 106 Å². The molecule has 0 saturated heterocycles. The van der Waals surface area contributed by atoms with Gasteiger partial charge in [-0.1, -0.05) is 42.5 Å². The molecule has 0 radical (unpaired) electrons. The fourth-order valence-electron chi connectivity index (χ4n) is 2.90. The van der Waals surface area contributed by atoms with Crippen LogP contribution in [-0.2, 0) is 0 Å². The number of nitro groups is 1. The molecular formula is C19H13N5O3S. The van der Waals surface area contributed by atoms with Crippen LogP contribution in [0.1, 0.15) is 10.4 Å². The van der Waals surface area contributed by atoms with E-state index in [1.54, 1.807) is 0 Å². The van der Waals surface area contributed by atoms with E-state index in [9.17, 15) is 14.9 Å². The number of H-pyrrole nitrogens is 1. The molecule has 0 aliphatic rings. The summed E-state index contributed by atoms with van der Waals surface area (Å²) in [5, 5.41) is 19.7. The summed E-state index contributed by atoms with van der Waals surface area (Å²) in [6.07, 6.45) is 0. The molecule has 28 heavy (non-hydrogen) atoms. The van der Waals surface area contributed by atoms with Crippen molar-refractivity contribution in [1.82, 2.24) is 14.9 Å². The number of benzene rings is 3.